The lowest BCUT2D eigenvalue weighted by molar-refractivity contribution is -0.258. The Morgan fingerprint density at radius 2 is 1.63 bits per heavy atom. The molecule has 0 aromatic heterocycles. The first kappa shape index (κ1) is 42.6. The van der Waals surface area contributed by atoms with Gasteiger partial charge in [-0.25, -0.2) is 14.6 Å². The third-order valence-electron chi connectivity index (χ3n) is 12.9. The molecule has 0 amide bonds. The largest absolute Gasteiger partial charge is 0.454 e. The number of likely N-dealkylation sites (tertiary alicyclic amines) is 1. The zero-order chi connectivity index (χ0) is 41.4. The minimum atomic E-state index is -1.07. The van der Waals surface area contributed by atoms with Crippen molar-refractivity contribution < 1.29 is 28.5 Å². The third-order valence-corrected chi connectivity index (χ3v) is 12.9. The first-order chi connectivity index (χ1) is 28.6. The van der Waals surface area contributed by atoms with Crippen LogP contribution in [0.4, 0.5) is 0 Å². The Labute approximate surface area is 351 Å². The Bertz CT molecular complexity index is 1980. The molecule has 7 rings (SSSR count). The molecule has 3 saturated heterocycles. The maximum Gasteiger partial charge on any atom is 0.338 e. The molecule has 3 aromatic carbocycles. The number of aliphatic imine (C=N–C) groups is 1. The van der Waals surface area contributed by atoms with Crippen LogP contribution in [0, 0.1) is 24.2 Å². The van der Waals surface area contributed by atoms with Gasteiger partial charge in [-0.1, -0.05) is 94.4 Å². The number of rotatable bonds is 13. The van der Waals surface area contributed by atoms with Crippen LogP contribution < -0.4 is 5.32 Å². The summed E-state index contributed by atoms with van der Waals surface area (Å²) in [5.74, 6) is -0.627. The summed E-state index contributed by atoms with van der Waals surface area (Å²) in [6.07, 6.45) is 8.93. The molecule has 0 aliphatic carbocycles. The summed E-state index contributed by atoms with van der Waals surface area (Å²) in [7, 11) is 0. The summed E-state index contributed by atoms with van der Waals surface area (Å²) in [6.45, 7) is 16.9. The van der Waals surface area contributed by atoms with Crippen molar-refractivity contribution in [3.63, 3.8) is 0 Å². The monoisotopic (exact) mass is 801 g/mol. The van der Waals surface area contributed by atoms with Crippen LogP contribution in [0.3, 0.4) is 0 Å². The van der Waals surface area contributed by atoms with Gasteiger partial charge in [-0.2, -0.15) is 0 Å². The second-order valence-electron chi connectivity index (χ2n) is 17.4. The first-order valence-electron chi connectivity index (χ1n) is 21.9. The average Bonchev–Trinajstić information content (AvgIpc) is 3.65. The van der Waals surface area contributed by atoms with Gasteiger partial charge in [-0.05, 0) is 123 Å². The SMILES string of the molecule is CC[C@H]1O[C@@H](OC2=NCC(C(C)C)=C2Cc2ccc(/C=C/CCN3CCCC4(CCNCC4)C3)cc2C)[C@H](OC(=O)c2ccccc2)[C@@H](OC(=O)c2ccccc2)[C@@H]1C. The zero-order valence-electron chi connectivity index (χ0n) is 35.7. The van der Waals surface area contributed by atoms with Gasteiger partial charge in [-0.15, -0.1) is 0 Å². The van der Waals surface area contributed by atoms with Crippen molar-refractivity contribution in [1.82, 2.24) is 10.2 Å². The van der Waals surface area contributed by atoms with Crippen molar-refractivity contribution in [3.8, 4) is 0 Å². The molecule has 3 fully saturated rings. The maximum atomic E-state index is 13.7. The highest BCUT2D eigenvalue weighted by atomic mass is 16.7. The zero-order valence-corrected chi connectivity index (χ0v) is 35.7. The highest BCUT2D eigenvalue weighted by Gasteiger charge is 2.50. The van der Waals surface area contributed by atoms with Gasteiger partial charge < -0.3 is 29.2 Å². The Balaban J connectivity index is 1.07. The predicted molar refractivity (Wildman–Crippen MR) is 233 cm³/mol. The molecule has 9 nitrogen and oxygen atoms in total. The molecule has 0 saturated carbocycles. The van der Waals surface area contributed by atoms with Crippen LogP contribution in [0.5, 0.6) is 0 Å². The van der Waals surface area contributed by atoms with Crippen molar-refractivity contribution in [1.29, 1.82) is 0 Å². The van der Waals surface area contributed by atoms with Crippen molar-refractivity contribution in [2.24, 2.45) is 22.2 Å². The number of aryl methyl sites for hydroxylation is 1. The highest BCUT2D eigenvalue weighted by molar-refractivity contribution is 5.97. The average molecular weight is 802 g/mol. The second-order valence-corrected chi connectivity index (χ2v) is 17.4. The number of piperidine rings is 2. The number of nitrogens with one attached hydrogen (secondary N) is 1. The molecule has 4 aliphatic heterocycles. The van der Waals surface area contributed by atoms with Crippen molar-refractivity contribution in [3.05, 3.63) is 124 Å². The second kappa shape index (κ2) is 19.7. The minimum absolute atomic E-state index is 0.240. The fourth-order valence-corrected chi connectivity index (χ4v) is 9.41. The molecule has 0 radical (unpaired) electrons. The molecule has 4 heterocycles. The molecular weight excluding hydrogens is 739 g/mol. The smallest absolute Gasteiger partial charge is 0.338 e. The van der Waals surface area contributed by atoms with Crippen molar-refractivity contribution >= 4 is 23.9 Å². The number of esters is 2. The lowest BCUT2D eigenvalue weighted by Crippen LogP contribution is -2.57. The molecule has 314 valence electrons. The normalized spacial score (nSPS) is 24.7. The third kappa shape index (κ3) is 10.4. The summed E-state index contributed by atoms with van der Waals surface area (Å²) in [5.41, 5.74) is 7.13. The molecule has 1 N–H and O–H groups in total. The van der Waals surface area contributed by atoms with Gasteiger partial charge in [0, 0.05) is 31.0 Å². The molecule has 1 spiro atoms. The molecular formula is C50H63N3O6. The van der Waals surface area contributed by atoms with E-state index in [-0.39, 0.29) is 17.9 Å². The van der Waals surface area contributed by atoms with E-state index in [9.17, 15) is 9.59 Å². The van der Waals surface area contributed by atoms with Crippen molar-refractivity contribution in [2.45, 2.75) is 104 Å². The van der Waals surface area contributed by atoms with Gasteiger partial charge in [0.05, 0.1) is 23.8 Å². The number of ether oxygens (including phenoxy) is 4. The topological polar surface area (TPSA) is 98.7 Å². The Morgan fingerprint density at radius 1 is 0.949 bits per heavy atom. The number of nitrogens with zero attached hydrogens (tertiary/aromatic N) is 2. The minimum Gasteiger partial charge on any atom is -0.454 e. The van der Waals surface area contributed by atoms with Crippen LogP contribution in [0.2, 0.25) is 0 Å². The Kier molecular flexibility index (Phi) is 14.2. The van der Waals surface area contributed by atoms with E-state index >= 15 is 0 Å². The molecule has 5 atom stereocenters. The van der Waals surface area contributed by atoms with Crippen LogP contribution in [-0.4, -0.2) is 86.6 Å². The molecule has 59 heavy (non-hydrogen) atoms. The number of hydrogen-bond donors (Lipinski definition) is 1. The van der Waals surface area contributed by atoms with Crippen LogP contribution in [0.1, 0.15) is 104 Å². The van der Waals surface area contributed by atoms with Crippen LogP contribution in [0.15, 0.2) is 101 Å². The van der Waals surface area contributed by atoms with Gasteiger partial charge in [0.1, 0.15) is 0 Å². The lowest BCUT2D eigenvalue weighted by atomic mass is 9.73. The number of carbonyl (C=O) groups excluding carboxylic acids is 2. The number of hydrogen-bond acceptors (Lipinski definition) is 9. The van der Waals surface area contributed by atoms with Crippen LogP contribution in [0.25, 0.3) is 6.08 Å². The fourth-order valence-electron chi connectivity index (χ4n) is 9.41. The predicted octanol–water partition coefficient (Wildman–Crippen LogP) is 9.01. The van der Waals surface area contributed by atoms with E-state index in [2.05, 4.69) is 61.3 Å². The van der Waals surface area contributed by atoms with Crippen molar-refractivity contribution in [2.75, 3.05) is 39.3 Å². The molecule has 0 unspecified atom stereocenters. The fraction of sp³-hybridized carbons (Fsp3) is 0.500. The van der Waals surface area contributed by atoms with E-state index in [4.69, 9.17) is 23.9 Å². The Morgan fingerprint density at radius 3 is 2.27 bits per heavy atom. The lowest BCUT2D eigenvalue weighted by Gasteiger charge is -2.45. The maximum absolute atomic E-state index is 13.7. The summed E-state index contributed by atoms with van der Waals surface area (Å²) < 4.78 is 25.8. The van der Waals surface area contributed by atoms with Gasteiger partial charge in [-0.3, -0.25) is 0 Å². The summed E-state index contributed by atoms with van der Waals surface area (Å²) in [4.78, 5) is 34.8. The van der Waals surface area contributed by atoms with E-state index in [1.54, 1.807) is 48.5 Å². The molecule has 9 heteroatoms. The molecule has 0 bridgehead atoms. The first-order valence-corrected chi connectivity index (χ1v) is 21.9. The quantitative estimate of drug-likeness (QED) is 0.171. The number of benzene rings is 3. The summed E-state index contributed by atoms with van der Waals surface area (Å²) in [5, 5.41) is 3.55. The van der Waals surface area contributed by atoms with E-state index < -0.39 is 30.4 Å². The summed E-state index contributed by atoms with van der Waals surface area (Å²) >= 11 is 0. The van der Waals surface area contributed by atoms with E-state index in [0.29, 0.717) is 41.8 Å². The van der Waals surface area contributed by atoms with E-state index in [1.807, 2.05) is 26.0 Å². The number of carbonyl (C=O) groups is 2. The van der Waals surface area contributed by atoms with E-state index in [1.165, 1.54) is 61.0 Å². The van der Waals surface area contributed by atoms with Gasteiger partial charge in [0.2, 0.25) is 18.3 Å². The highest BCUT2D eigenvalue weighted by Crippen LogP contribution is 2.39. The van der Waals surface area contributed by atoms with Crippen LogP contribution >= 0.6 is 0 Å². The summed E-state index contributed by atoms with van der Waals surface area (Å²) in [6, 6.07) is 24.4. The molecule has 3 aromatic rings. The van der Waals surface area contributed by atoms with Gasteiger partial charge in [0.15, 0.2) is 6.10 Å². The van der Waals surface area contributed by atoms with Crippen LogP contribution in [-0.2, 0) is 25.4 Å². The van der Waals surface area contributed by atoms with Gasteiger partial charge >= 0.3 is 11.9 Å². The standard InChI is InChI=1S/C50H63N3O6/c1-6-43-36(5)44(57-47(54)38-17-9-7-10-18-38)45(58-48(55)39-19-11-8-12-20-39)49(56-43)59-46-41(42(32-52-46)34(2)3)31-40-22-21-37(30-35(40)4)16-13-14-28-53-29-15-23-50(33-53)24-26-51-27-25-50/h7-13,16-22,30,34,36,43-45,49,51H,6,14-15,23-29,31-33H2,1-5H3/b16-13+/t36-,43-,44+,45-,49+/m1/s1. The Hall–Kier alpha value is -4.57. The molecule has 4 aliphatic rings. The van der Waals surface area contributed by atoms with E-state index in [0.717, 1.165) is 31.6 Å². The van der Waals surface area contributed by atoms with Gasteiger partial charge in [0.25, 0.3) is 0 Å².